The molecule has 102 valence electrons. The zero-order valence-corrected chi connectivity index (χ0v) is 11.3. The highest BCUT2D eigenvalue weighted by atomic mass is 19.1. The Morgan fingerprint density at radius 3 is 2.39 bits per heavy atom. The van der Waals surface area contributed by atoms with Gasteiger partial charge in [-0.05, 0) is 26.0 Å². The van der Waals surface area contributed by atoms with Crippen molar-refractivity contribution < 1.29 is 8.78 Å². The van der Waals surface area contributed by atoms with Crippen LogP contribution in [0, 0.1) is 11.6 Å². The Bertz CT molecular complexity index is 389. The van der Waals surface area contributed by atoms with Crippen LogP contribution >= 0.6 is 0 Å². The average Bonchev–Trinajstić information content (AvgIpc) is 2.37. The molecule has 4 heteroatoms. The topological polar surface area (TPSA) is 29.3 Å². The zero-order valence-electron chi connectivity index (χ0n) is 11.3. The Labute approximate surface area is 108 Å². The van der Waals surface area contributed by atoms with Crippen molar-refractivity contribution in [3.8, 4) is 0 Å². The van der Waals surface area contributed by atoms with E-state index in [4.69, 9.17) is 5.73 Å². The SMILES string of the molecule is CCN(Cc1ccc(F)cc1F)C(C)(CC)CN. The first-order valence-electron chi connectivity index (χ1n) is 6.36. The lowest BCUT2D eigenvalue weighted by Crippen LogP contribution is -2.50. The first-order valence-corrected chi connectivity index (χ1v) is 6.36. The molecule has 2 N–H and O–H groups in total. The molecule has 1 unspecified atom stereocenters. The molecule has 0 spiro atoms. The molecule has 0 aliphatic rings. The van der Waals surface area contributed by atoms with Crippen molar-refractivity contribution in [1.82, 2.24) is 4.90 Å². The molecule has 0 aromatic heterocycles. The molecule has 1 aromatic carbocycles. The highest BCUT2D eigenvalue weighted by molar-refractivity contribution is 5.18. The van der Waals surface area contributed by atoms with Crippen LogP contribution in [0.15, 0.2) is 18.2 Å². The molecule has 1 rings (SSSR count). The highest BCUT2D eigenvalue weighted by Crippen LogP contribution is 2.22. The second-order valence-corrected chi connectivity index (χ2v) is 4.80. The minimum atomic E-state index is -0.545. The molecule has 2 nitrogen and oxygen atoms in total. The number of rotatable bonds is 6. The van der Waals surface area contributed by atoms with Crippen LogP contribution in [0.1, 0.15) is 32.8 Å². The molecular formula is C14H22F2N2. The molecule has 1 aromatic rings. The number of benzene rings is 1. The van der Waals surface area contributed by atoms with Gasteiger partial charge in [0.25, 0.3) is 0 Å². The third-order valence-corrected chi connectivity index (χ3v) is 3.72. The largest absolute Gasteiger partial charge is 0.329 e. The number of hydrogen-bond donors (Lipinski definition) is 1. The summed E-state index contributed by atoms with van der Waals surface area (Å²) in [5.41, 5.74) is 6.16. The molecule has 0 heterocycles. The van der Waals surface area contributed by atoms with Crippen molar-refractivity contribution in [2.75, 3.05) is 13.1 Å². The molecule has 0 amide bonds. The van der Waals surface area contributed by atoms with Crippen LogP contribution in [0.25, 0.3) is 0 Å². The van der Waals surface area contributed by atoms with Gasteiger partial charge >= 0.3 is 0 Å². The van der Waals surface area contributed by atoms with Crippen molar-refractivity contribution in [3.63, 3.8) is 0 Å². The van der Waals surface area contributed by atoms with E-state index >= 15 is 0 Å². The van der Waals surface area contributed by atoms with E-state index in [9.17, 15) is 8.78 Å². The standard InChI is InChI=1S/C14H22F2N2/c1-4-14(3,10-17)18(5-2)9-11-6-7-12(15)8-13(11)16/h6-8H,4-5,9-10,17H2,1-3H3. The Kier molecular flexibility index (Phi) is 5.23. The molecule has 0 fully saturated rings. The minimum Gasteiger partial charge on any atom is -0.329 e. The quantitative estimate of drug-likeness (QED) is 0.848. The molecule has 0 saturated carbocycles. The van der Waals surface area contributed by atoms with E-state index in [1.807, 2.05) is 6.92 Å². The van der Waals surface area contributed by atoms with Crippen LogP contribution in [-0.2, 0) is 6.54 Å². The Morgan fingerprint density at radius 1 is 1.28 bits per heavy atom. The van der Waals surface area contributed by atoms with Crippen LogP contribution in [0.5, 0.6) is 0 Å². The summed E-state index contributed by atoms with van der Waals surface area (Å²) in [6.45, 7) is 7.89. The summed E-state index contributed by atoms with van der Waals surface area (Å²) >= 11 is 0. The van der Waals surface area contributed by atoms with Gasteiger partial charge in [-0.25, -0.2) is 8.78 Å². The average molecular weight is 256 g/mol. The summed E-state index contributed by atoms with van der Waals surface area (Å²) in [6.07, 6.45) is 0.889. The molecule has 1 atom stereocenters. The van der Waals surface area contributed by atoms with Crippen LogP contribution in [0.2, 0.25) is 0 Å². The van der Waals surface area contributed by atoms with Gasteiger partial charge < -0.3 is 5.73 Å². The highest BCUT2D eigenvalue weighted by Gasteiger charge is 2.27. The van der Waals surface area contributed by atoms with Crippen LogP contribution in [0.3, 0.4) is 0 Å². The summed E-state index contributed by atoms with van der Waals surface area (Å²) < 4.78 is 26.5. The minimum absolute atomic E-state index is 0.157. The van der Waals surface area contributed by atoms with Crippen molar-refractivity contribution >= 4 is 0 Å². The predicted octanol–water partition coefficient (Wildman–Crippen LogP) is 2.91. The Hall–Kier alpha value is -1.00. The van der Waals surface area contributed by atoms with Crippen LogP contribution in [-0.4, -0.2) is 23.5 Å². The lowest BCUT2D eigenvalue weighted by molar-refractivity contribution is 0.103. The van der Waals surface area contributed by atoms with E-state index in [0.717, 1.165) is 19.0 Å². The smallest absolute Gasteiger partial charge is 0.130 e. The van der Waals surface area contributed by atoms with E-state index in [1.54, 1.807) is 0 Å². The Morgan fingerprint density at radius 2 is 1.94 bits per heavy atom. The third kappa shape index (κ3) is 3.27. The van der Waals surface area contributed by atoms with Gasteiger partial charge in [-0.2, -0.15) is 0 Å². The molecule has 0 bridgehead atoms. The first kappa shape index (κ1) is 15.1. The molecular weight excluding hydrogens is 234 g/mol. The summed E-state index contributed by atoms with van der Waals surface area (Å²) in [5.74, 6) is -1.04. The summed E-state index contributed by atoms with van der Waals surface area (Å²) in [6, 6.07) is 3.72. The van der Waals surface area contributed by atoms with Gasteiger partial charge in [-0.1, -0.05) is 19.9 Å². The van der Waals surface area contributed by atoms with E-state index in [-0.39, 0.29) is 5.54 Å². The number of hydrogen-bond acceptors (Lipinski definition) is 2. The summed E-state index contributed by atoms with van der Waals surface area (Å²) in [4.78, 5) is 2.13. The molecule has 0 aliphatic heterocycles. The maximum Gasteiger partial charge on any atom is 0.130 e. The summed E-state index contributed by atoms with van der Waals surface area (Å²) in [5, 5.41) is 0. The maximum atomic E-state index is 13.6. The number of likely N-dealkylation sites (N-methyl/N-ethyl adjacent to an activating group) is 1. The van der Waals surface area contributed by atoms with Gasteiger partial charge in [0.15, 0.2) is 0 Å². The number of nitrogens with two attached hydrogens (primary N) is 1. The second kappa shape index (κ2) is 6.25. The second-order valence-electron chi connectivity index (χ2n) is 4.80. The van der Waals surface area contributed by atoms with E-state index in [0.29, 0.717) is 18.7 Å². The van der Waals surface area contributed by atoms with Gasteiger partial charge in [0.1, 0.15) is 11.6 Å². The van der Waals surface area contributed by atoms with Crippen LogP contribution < -0.4 is 5.73 Å². The molecule has 18 heavy (non-hydrogen) atoms. The fourth-order valence-electron chi connectivity index (χ4n) is 2.04. The van der Waals surface area contributed by atoms with Crippen molar-refractivity contribution in [3.05, 3.63) is 35.4 Å². The molecule has 0 aliphatic carbocycles. The lowest BCUT2D eigenvalue weighted by atomic mass is 9.95. The monoisotopic (exact) mass is 256 g/mol. The maximum absolute atomic E-state index is 13.6. The molecule has 0 radical (unpaired) electrons. The van der Waals surface area contributed by atoms with Gasteiger partial charge in [0, 0.05) is 30.3 Å². The normalized spacial score (nSPS) is 14.8. The van der Waals surface area contributed by atoms with E-state index in [2.05, 4.69) is 18.7 Å². The van der Waals surface area contributed by atoms with E-state index < -0.39 is 11.6 Å². The fraction of sp³-hybridized carbons (Fsp3) is 0.571. The van der Waals surface area contributed by atoms with Crippen LogP contribution in [0.4, 0.5) is 8.78 Å². The van der Waals surface area contributed by atoms with Gasteiger partial charge in [-0.15, -0.1) is 0 Å². The predicted molar refractivity (Wildman–Crippen MR) is 70.2 cm³/mol. The van der Waals surface area contributed by atoms with Gasteiger partial charge in [0.2, 0.25) is 0 Å². The Balaban J connectivity index is 2.92. The van der Waals surface area contributed by atoms with Gasteiger partial charge in [0.05, 0.1) is 0 Å². The first-order chi connectivity index (χ1) is 8.46. The van der Waals surface area contributed by atoms with Crippen molar-refractivity contribution in [1.29, 1.82) is 0 Å². The zero-order chi connectivity index (χ0) is 13.8. The van der Waals surface area contributed by atoms with Gasteiger partial charge in [-0.3, -0.25) is 4.90 Å². The lowest BCUT2D eigenvalue weighted by Gasteiger charge is -2.39. The van der Waals surface area contributed by atoms with Crippen molar-refractivity contribution in [2.24, 2.45) is 5.73 Å². The number of halogens is 2. The molecule has 0 saturated heterocycles. The fourth-order valence-corrected chi connectivity index (χ4v) is 2.04. The number of nitrogens with zero attached hydrogens (tertiary/aromatic N) is 1. The van der Waals surface area contributed by atoms with Crippen molar-refractivity contribution in [2.45, 2.75) is 39.3 Å². The summed E-state index contributed by atoms with van der Waals surface area (Å²) in [7, 11) is 0. The van der Waals surface area contributed by atoms with E-state index in [1.165, 1.54) is 12.1 Å². The third-order valence-electron chi connectivity index (χ3n) is 3.72.